The van der Waals surface area contributed by atoms with Gasteiger partial charge in [-0.1, -0.05) is 43.7 Å². The normalized spacial score (nSPS) is 24.1. The van der Waals surface area contributed by atoms with E-state index < -0.39 is 0 Å². The third-order valence-corrected chi connectivity index (χ3v) is 4.05. The molecule has 2 N–H and O–H groups in total. The molecular weight excluding hydrogens is 220 g/mol. The van der Waals surface area contributed by atoms with Crippen molar-refractivity contribution < 1.29 is 0 Å². The van der Waals surface area contributed by atoms with E-state index in [1.807, 2.05) is 0 Å². The summed E-state index contributed by atoms with van der Waals surface area (Å²) in [5.74, 6) is 0.875. The van der Waals surface area contributed by atoms with E-state index in [1.54, 1.807) is 0 Å². The number of benzene rings is 1. The Morgan fingerprint density at radius 3 is 2.67 bits per heavy atom. The van der Waals surface area contributed by atoms with Gasteiger partial charge in [0.15, 0.2) is 0 Å². The van der Waals surface area contributed by atoms with Crippen molar-refractivity contribution in [2.24, 2.45) is 11.7 Å². The minimum absolute atomic E-state index is 0.188. The third-order valence-electron chi connectivity index (χ3n) is 4.05. The quantitative estimate of drug-likeness (QED) is 0.864. The van der Waals surface area contributed by atoms with Gasteiger partial charge in [0.25, 0.3) is 0 Å². The summed E-state index contributed by atoms with van der Waals surface area (Å²) in [4.78, 5) is 2.58. The molecule has 2 nitrogen and oxygen atoms in total. The van der Waals surface area contributed by atoms with E-state index in [9.17, 15) is 0 Å². The SMILES string of the molecule is CCCC1CCN(C(c2ccccc2)C(C)N)C1. The molecule has 3 unspecified atom stereocenters. The van der Waals surface area contributed by atoms with Gasteiger partial charge in [-0.3, -0.25) is 4.90 Å². The molecule has 1 fully saturated rings. The number of hydrogen-bond donors (Lipinski definition) is 1. The van der Waals surface area contributed by atoms with Crippen molar-refractivity contribution in [1.29, 1.82) is 0 Å². The molecule has 1 aliphatic heterocycles. The average Bonchev–Trinajstić information content (AvgIpc) is 2.79. The van der Waals surface area contributed by atoms with Gasteiger partial charge in [0.2, 0.25) is 0 Å². The Bertz CT molecular complexity index is 347. The highest BCUT2D eigenvalue weighted by Gasteiger charge is 2.30. The van der Waals surface area contributed by atoms with Crippen molar-refractivity contribution in [1.82, 2.24) is 4.90 Å². The van der Waals surface area contributed by atoms with Crippen LogP contribution >= 0.6 is 0 Å². The van der Waals surface area contributed by atoms with Gasteiger partial charge >= 0.3 is 0 Å². The molecular formula is C16H26N2. The fraction of sp³-hybridized carbons (Fsp3) is 0.625. The molecule has 1 aliphatic rings. The summed E-state index contributed by atoms with van der Waals surface area (Å²) in [7, 11) is 0. The highest BCUT2D eigenvalue weighted by molar-refractivity contribution is 5.20. The number of hydrogen-bond acceptors (Lipinski definition) is 2. The first kappa shape index (κ1) is 13.6. The van der Waals surface area contributed by atoms with Crippen LogP contribution in [0.2, 0.25) is 0 Å². The van der Waals surface area contributed by atoms with Crippen molar-refractivity contribution in [2.75, 3.05) is 13.1 Å². The van der Waals surface area contributed by atoms with Gasteiger partial charge in [-0.15, -0.1) is 0 Å². The summed E-state index contributed by atoms with van der Waals surface area (Å²) in [5, 5.41) is 0. The molecule has 0 radical (unpaired) electrons. The van der Waals surface area contributed by atoms with Gasteiger partial charge in [-0.05, 0) is 37.8 Å². The minimum Gasteiger partial charge on any atom is -0.326 e. The van der Waals surface area contributed by atoms with E-state index in [0.717, 1.165) is 5.92 Å². The van der Waals surface area contributed by atoms with E-state index in [2.05, 4.69) is 49.1 Å². The van der Waals surface area contributed by atoms with Gasteiger partial charge < -0.3 is 5.73 Å². The smallest absolute Gasteiger partial charge is 0.0496 e. The molecule has 1 saturated heterocycles. The average molecular weight is 246 g/mol. The molecule has 0 aliphatic carbocycles. The Morgan fingerprint density at radius 2 is 2.06 bits per heavy atom. The summed E-state index contributed by atoms with van der Waals surface area (Å²) in [6, 6.07) is 11.3. The topological polar surface area (TPSA) is 29.3 Å². The lowest BCUT2D eigenvalue weighted by Gasteiger charge is -2.31. The molecule has 18 heavy (non-hydrogen) atoms. The predicted octanol–water partition coefficient (Wildman–Crippen LogP) is 3.20. The molecule has 100 valence electrons. The molecule has 0 bridgehead atoms. The Balaban J connectivity index is 2.08. The van der Waals surface area contributed by atoms with E-state index >= 15 is 0 Å². The zero-order valence-corrected chi connectivity index (χ0v) is 11.7. The largest absolute Gasteiger partial charge is 0.326 e. The molecule has 2 rings (SSSR count). The van der Waals surface area contributed by atoms with E-state index in [4.69, 9.17) is 5.73 Å². The second kappa shape index (κ2) is 6.35. The summed E-state index contributed by atoms with van der Waals surface area (Å²) < 4.78 is 0. The lowest BCUT2D eigenvalue weighted by molar-refractivity contribution is 0.210. The third kappa shape index (κ3) is 3.12. The number of rotatable bonds is 5. The van der Waals surface area contributed by atoms with Crippen LogP contribution in [0.1, 0.15) is 44.7 Å². The van der Waals surface area contributed by atoms with Gasteiger partial charge in [0.05, 0.1) is 0 Å². The molecule has 1 aromatic carbocycles. The zero-order valence-electron chi connectivity index (χ0n) is 11.7. The molecule has 0 spiro atoms. The first-order valence-corrected chi connectivity index (χ1v) is 7.27. The second-order valence-electron chi connectivity index (χ2n) is 5.65. The number of likely N-dealkylation sites (tertiary alicyclic amines) is 1. The Hall–Kier alpha value is -0.860. The number of nitrogens with zero attached hydrogens (tertiary/aromatic N) is 1. The first-order valence-electron chi connectivity index (χ1n) is 7.27. The van der Waals surface area contributed by atoms with E-state index in [0.29, 0.717) is 6.04 Å². The van der Waals surface area contributed by atoms with Crippen LogP contribution in [0.3, 0.4) is 0 Å². The lowest BCUT2D eigenvalue weighted by Crippen LogP contribution is -2.38. The van der Waals surface area contributed by atoms with Crippen LogP contribution in [0, 0.1) is 5.92 Å². The fourth-order valence-corrected chi connectivity index (χ4v) is 3.26. The summed E-state index contributed by atoms with van der Waals surface area (Å²) in [6.07, 6.45) is 3.99. The standard InChI is InChI=1S/C16H26N2/c1-3-7-14-10-11-18(12-14)16(13(2)17)15-8-5-4-6-9-15/h4-6,8-9,13-14,16H,3,7,10-12,17H2,1-2H3. The number of nitrogens with two attached hydrogens (primary N) is 1. The molecule has 3 atom stereocenters. The van der Waals surface area contributed by atoms with Crippen molar-refractivity contribution in [3.05, 3.63) is 35.9 Å². The maximum atomic E-state index is 6.23. The zero-order chi connectivity index (χ0) is 13.0. The molecule has 0 saturated carbocycles. The van der Waals surface area contributed by atoms with Crippen molar-refractivity contribution in [3.8, 4) is 0 Å². The molecule has 1 aromatic rings. The van der Waals surface area contributed by atoms with E-state index in [-0.39, 0.29) is 6.04 Å². The van der Waals surface area contributed by atoms with E-state index in [1.165, 1.54) is 37.9 Å². The lowest BCUT2D eigenvalue weighted by atomic mass is 9.99. The van der Waals surface area contributed by atoms with Crippen LogP contribution in [0.15, 0.2) is 30.3 Å². The highest BCUT2D eigenvalue weighted by Crippen LogP contribution is 2.31. The van der Waals surface area contributed by atoms with Crippen LogP contribution in [-0.2, 0) is 0 Å². The van der Waals surface area contributed by atoms with Gasteiger partial charge in [-0.25, -0.2) is 0 Å². The highest BCUT2D eigenvalue weighted by atomic mass is 15.2. The summed E-state index contributed by atoms with van der Waals surface area (Å²) in [6.45, 7) is 6.83. The predicted molar refractivity (Wildman–Crippen MR) is 77.4 cm³/mol. The van der Waals surface area contributed by atoms with Crippen LogP contribution in [0.4, 0.5) is 0 Å². The summed E-state index contributed by atoms with van der Waals surface area (Å²) >= 11 is 0. The Labute approximate surface area is 111 Å². The van der Waals surface area contributed by atoms with Gasteiger partial charge in [-0.2, -0.15) is 0 Å². The van der Waals surface area contributed by atoms with Crippen LogP contribution in [-0.4, -0.2) is 24.0 Å². The van der Waals surface area contributed by atoms with Gasteiger partial charge in [0, 0.05) is 18.6 Å². The van der Waals surface area contributed by atoms with Crippen molar-refractivity contribution in [3.63, 3.8) is 0 Å². The molecule has 0 aromatic heterocycles. The van der Waals surface area contributed by atoms with Gasteiger partial charge in [0.1, 0.15) is 0 Å². The summed E-state index contributed by atoms with van der Waals surface area (Å²) in [5.41, 5.74) is 7.59. The van der Waals surface area contributed by atoms with Crippen molar-refractivity contribution >= 4 is 0 Å². The van der Waals surface area contributed by atoms with Crippen LogP contribution in [0.25, 0.3) is 0 Å². The minimum atomic E-state index is 0.188. The van der Waals surface area contributed by atoms with Crippen molar-refractivity contribution in [2.45, 2.75) is 45.2 Å². The fourth-order valence-electron chi connectivity index (χ4n) is 3.26. The molecule has 2 heteroatoms. The van der Waals surface area contributed by atoms with Crippen LogP contribution < -0.4 is 5.73 Å². The van der Waals surface area contributed by atoms with Crippen LogP contribution in [0.5, 0.6) is 0 Å². The maximum Gasteiger partial charge on any atom is 0.0496 e. The monoisotopic (exact) mass is 246 g/mol. The Morgan fingerprint density at radius 1 is 1.33 bits per heavy atom. The maximum absolute atomic E-state index is 6.23. The molecule has 0 amide bonds. The first-order chi connectivity index (χ1) is 8.72. The molecule has 1 heterocycles. The second-order valence-corrected chi connectivity index (χ2v) is 5.65. The Kier molecular flexibility index (Phi) is 4.79.